The lowest BCUT2D eigenvalue weighted by molar-refractivity contribution is -0.126. The molecule has 1 saturated heterocycles. The fraction of sp³-hybridized carbons (Fsp3) is 0.211. The van der Waals surface area contributed by atoms with Crippen molar-refractivity contribution in [2.75, 3.05) is 16.8 Å². The third-order valence-electron chi connectivity index (χ3n) is 4.38. The van der Waals surface area contributed by atoms with Crippen molar-refractivity contribution in [1.29, 1.82) is 0 Å². The van der Waals surface area contributed by atoms with E-state index in [2.05, 4.69) is 10.6 Å². The maximum absolute atomic E-state index is 13.9. The molecule has 7 nitrogen and oxygen atoms in total. The molecule has 2 aromatic rings. The van der Waals surface area contributed by atoms with Crippen molar-refractivity contribution in [3.05, 3.63) is 59.7 Å². The number of carbonyl (C=O) groups is 3. The van der Waals surface area contributed by atoms with Crippen molar-refractivity contribution < 1.29 is 23.2 Å². The van der Waals surface area contributed by atoms with Gasteiger partial charge in [0.15, 0.2) is 0 Å². The van der Waals surface area contributed by atoms with E-state index in [-0.39, 0.29) is 31.1 Å². The van der Waals surface area contributed by atoms with Gasteiger partial charge in [-0.25, -0.2) is 13.6 Å². The van der Waals surface area contributed by atoms with Gasteiger partial charge < -0.3 is 21.3 Å². The summed E-state index contributed by atoms with van der Waals surface area (Å²) in [6.45, 7) is 0.250. The molecule has 3 rings (SSSR count). The van der Waals surface area contributed by atoms with Crippen LogP contribution in [0.25, 0.3) is 0 Å². The molecule has 1 heterocycles. The Kier molecular flexibility index (Phi) is 5.53. The minimum atomic E-state index is -0.848. The van der Waals surface area contributed by atoms with E-state index < -0.39 is 29.5 Å². The second kappa shape index (κ2) is 8.03. The zero-order valence-corrected chi connectivity index (χ0v) is 14.7. The van der Waals surface area contributed by atoms with Crippen LogP contribution in [-0.4, -0.2) is 24.4 Å². The van der Waals surface area contributed by atoms with E-state index in [4.69, 9.17) is 5.73 Å². The first-order valence-corrected chi connectivity index (χ1v) is 8.52. The average molecular weight is 388 g/mol. The minimum Gasteiger partial charge on any atom is -0.352 e. The van der Waals surface area contributed by atoms with Gasteiger partial charge in [-0.15, -0.1) is 0 Å². The van der Waals surface area contributed by atoms with Gasteiger partial charge in [0.25, 0.3) is 0 Å². The number of carbonyl (C=O) groups excluding carboxylic acids is 3. The number of urea groups is 1. The monoisotopic (exact) mass is 388 g/mol. The Labute approximate surface area is 159 Å². The third kappa shape index (κ3) is 4.43. The highest BCUT2D eigenvalue weighted by Gasteiger charge is 2.36. The van der Waals surface area contributed by atoms with Crippen LogP contribution < -0.4 is 21.3 Å². The highest BCUT2D eigenvalue weighted by atomic mass is 19.1. The summed E-state index contributed by atoms with van der Waals surface area (Å²) >= 11 is 0. The van der Waals surface area contributed by atoms with E-state index >= 15 is 0 Å². The molecule has 0 spiro atoms. The summed E-state index contributed by atoms with van der Waals surface area (Å²) < 4.78 is 27.0. The average Bonchev–Trinajstić information content (AvgIpc) is 3.02. The first-order chi connectivity index (χ1) is 13.3. The highest BCUT2D eigenvalue weighted by molar-refractivity contribution is 6.00. The van der Waals surface area contributed by atoms with Gasteiger partial charge in [-0.1, -0.05) is 12.1 Å². The predicted molar refractivity (Wildman–Crippen MR) is 98.3 cm³/mol. The fourth-order valence-corrected chi connectivity index (χ4v) is 3.00. The van der Waals surface area contributed by atoms with E-state index in [1.165, 1.54) is 6.07 Å². The maximum atomic E-state index is 13.9. The van der Waals surface area contributed by atoms with Crippen molar-refractivity contribution >= 4 is 29.2 Å². The van der Waals surface area contributed by atoms with Crippen LogP contribution in [0, 0.1) is 17.6 Å². The molecule has 1 fully saturated rings. The maximum Gasteiger partial charge on any atom is 0.316 e. The van der Waals surface area contributed by atoms with Crippen molar-refractivity contribution in [2.45, 2.75) is 13.0 Å². The molecule has 0 saturated carbocycles. The number of halogens is 2. The number of hydrogen-bond donors (Lipinski definition) is 3. The lowest BCUT2D eigenvalue weighted by Crippen LogP contribution is -2.32. The summed E-state index contributed by atoms with van der Waals surface area (Å²) in [5.41, 5.74) is 6.30. The molecule has 9 heteroatoms. The summed E-state index contributed by atoms with van der Waals surface area (Å²) in [6, 6.07) is 8.99. The minimum absolute atomic E-state index is 0.0225. The van der Waals surface area contributed by atoms with E-state index in [1.54, 1.807) is 24.3 Å². The summed E-state index contributed by atoms with van der Waals surface area (Å²) in [4.78, 5) is 36.5. The Morgan fingerprint density at radius 3 is 2.50 bits per heavy atom. The van der Waals surface area contributed by atoms with E-state index in [1.807, 2.05) is 0 Å². The number of primary amides is 1. The molecule has 1 unspecified atom stereocenters. The van der Waals surface area contributed by atoms with Crippen molar-refractivity contribution in [1.82, 2.24) is 5.32 Å². The molecule has 28 heavy (non-hydrogen) atoms. The summed E-state index contributed by atoms with van der Waals surface area (Å²) in [5.74, 6) is -2.95. The number of benzene rings is 2. The van der Waals surface area contributed by atoms with Crippen LogP contribution in [0.1, 0.15) is 12.0 Å². The molecule has 1 aliphatic heterocycles. The van der Waals surface area contributed by atoms with Gasteiger partial charge in [-0.2, -0.15) is 0 Å². The van der Waals surface area contributed by atoms with E-state index in [9.17, 15) is 23.2 Å². The number of anilines is 2. The Balaban J connectivity index is 1.58. The van der Waals surface area contributed by atoms with Crippen LogP contribution in [0.3, 0.4) is 0 Å². The van der Waals surface area contributed by atoms with Crippen LogP contribution in [0.15, 0.2) is 42.5 Å². The highest BCUT2D eigenvalue weighted by Crippen LogP contribution is 2.28. The van der Waals surface area contributed by atoms with Crippen molar-refractivity contribution in [2.24, 2.45) is 11.7 Å². The molecule has 0 aliphatic carbocycles. The van der Waals surface area contributed by atoms with Crippen LogP contribution >= 0.6 is 0 Å². The molecule has 0 radical (unpaired) electrons. The van der Waals surface area contributed by atoms with Crippen LogP contribution in [0.2, 0.25) is 0 Å². The number of rotatable bonds is 5. The first kappa shape index (κ1) is 19.3. The molecular formula is C19H18F2N4O3. The molecule has 1 atom stereocenters. The summed E-state index contributed by atoms with van der Waals surface area (Å²) in [6.07, 6.45) is -0.0515. The van der Waals surface area contributed by atoms with Gasteiger partial charge >= 0.3 is 6.03 Å². The molecule has 2 aromatic carbocycles. The normalized spacial score (nSPS) is 16.1. The largest absolute Gasteiger partial charge is 0.352 e. The predicted octanol–water partition coefficient (Wildman–Crippen LogP) is 2.12. The van der Waals surface area contributed by atoms with Crippen LogP contribution in [-0.2, 0) is 16.1 Å². The number of hydrogen-bond acceptors (Lipinski definition) is 3. The van der Waals surface area contributed by atoms with Gasteiger partial charge in [0, 0.05) is 31.3 Å². The van der Waals surface area contributed by atoms with Crippen molar-refractivity contribution in [3.63, 3.8) is 0 Å². The molecule has 4 N–H and O–H groups in total. The molecule has 4 amide bonds. The second-order valence-electron chi connectivity index (χ2n) is 6.41. The standard InChI is InChI=1S/C19H18F2N4O3/c20-13-3-6-16(15(21)8-13)25-10-12(7-17(25)26)18(27)23-9-11-1-4-14(5-2-11)24-19(22)28/h1-6,8,12H,7,9-10H2,(H,23,27)(H3,22,24,28). The SMILES string of the molecule is NC(=O)Nc1ccc(CNC(=O)C2CC(=O)N(c3ccc(F)cc3F)C2)cc1. The van der Waals surface area contributed by atoms with Gasteiger partial charge in [0.1, 0.15) is 11.6 Å². The van der Waals surface area contributed by atoms with Crippen LogP contribution in [0.5, 0.6) is 0 Å². The van der Waals surface area contributed by atoms with Gasteiger partial charge in [-0.3, -0.25) is 9.59 Å². The summed E-state index contributed by atoms with van der Waals surface area (Å²) in [5, 5.41) is 5.16. The van der Waals surface area contributed by atoms with Gasteiger partial charge in [0.2, 0.25) is 11.8 Å². The Morgan fingerprint density at radius 2 is 1.86 bits per heavy atom. The Bertz CT molecular complexity index is 918. The first-order valence-electron chi connectivity index (χ1n) is 8.52. The number of amides is 4. The number of nitrogens with one attached hydrogen (secondary N) is 2. The molecular weight excluding hydrogens is 370 g/mol. The van der Waals surface area contributed by atoms with Crippen molar-refractivity contribution in [3.8, 4) is 0 Å². The molecule has 146 valence electrons. The fourth-order valence-electron chi connectivity index (χ4n) is 3.00. The lowest BCUT2D eigenvalue weighted by Gasteiger charge is -2.17. The van der Waals surface area contributed by atoms with Gasteiger partial charge in [0.05, 0.1) is 11.6 Å². The Morgan fingerprint density at radius 1 is 1.14 bits per heavy atom. The van der Waals surface area contributed by atoms with Crippen LogP contribution in [0.4, 0.5) is 25.0 Å². The second-order valence-corrected chi connectivity index (χ2v) is 6.41. The van der Waals surface area contributed by atoms with Gasteiger partial charge in [-0.05, 0) is 29.8 Å². The molecule has 1 aliphatic rings. The number of nitrogens with zero attached hydrogens (tertiary/aromatic N) is 1. The Hall–Kier alpha value is -3.49. The number of nitrogens with two attached hydrogens (primary N) is 1. The topological polar surface area (TPSA) is 105 Å². The molecule has 0 bridgehead atoms. The van der Waals surface area contributed by atoms with E-state index in [0.717, 1.165) is 16.5 Å². The zero-order chi connectivity index (χ0) is 20.3. The quantitative estimate of drug-likeness (QED) is 0.731. The smallest absolute Gasteiger partial charge is 0.316 e. The summed E-state index contributed by atoms with van der Waals surface area (Å²) in [7, 11) is 0. The van der Waals surface area contributed by atoms with E-state index in [0.29, 0.717) is 11.8 Å². The molecule has 0 aromatic heterocycles. The zero-order valence-electron chi connectivity index (χ0n) is 14.7. The lowest BCUT2D eigenvalue weighted by atomic mass is 10.1. The third-order valence-corrected chi connectivity index (χ3v) is 4.38.